The first-order chi connectivity index (χ1) is 17.5. The van der Waals surface area contributed by atoms with Gasteiger partial charge in [-0.2, -0.15) is 0 Å². The van der Waals surface area contributed by atoms with Crippen molar-refractivity contribution < 1.29 is 24.5 Å². The van der Waals surface area contributed by atoms with Crippen LogP contribution in [0.2, 0.25) is 0 Å². The Morgan fingerprint density at radius 2 is 1.84 bits per heavy atom. The van der Waals surface area contributed by atoms with Crippen molar-refractivity contribution in [2.24, 2.45) is 52.3 Å². The van der Waals surface area contributed by atoms with Crippen molar-refractivity contribution in [2.45, 2.75) is 77.7 Å². The standard InChI is InChI=1S/C31H39NO5/c1-15-9-16(2)25-26-23-22-20(10-17(3)24(23)29(25,4)11-15)21(33)13-30(27(22)34)14-31(36,32-28(30)35)12-18-5-7-19(37-26)8-6-18/h5-8,10,15-16,20-26,33,36H,9,11-14H2,1-4H3,(H,32,35). The molecule has 3 aliphatic heterocycles. The Bertz CT molecular complexity index is 1210. The van der Waals surface area contributed by atoms with Crippen LogP contribution in [0.25, 0.3) is 0 Å². The fourth-order valence-corrected chi connectivity index (χ4v) is 10.7. The molecule has 1 aromatic carbocycles. The normalized spacial score (nSPS) is 51.7. The van der Waals surface area contributed by atoms with Crippen LogP contribution in [0.5, 0.6) is 5.75 Å². The van der Waals surface area contributed by atoms with E-state index in [4.69, 9.17) is 4.74 Å². The summed E-state index contributed by atoms with van der Waals surface area (Å²) in [5.41, 5.74) is -0.847. The lowest BCUT2D eigenvalue weighted by atomic mass is 9.51. The maximum absolute atomic E-state index is 14.7. The van der Waals surface area contributed by atoms with Crippen molar-refractivity contribution in [1.29, 1.82) is 0 Å². The predicted octanol–water partition coefficient (Wildman–Crippen LogP) is 3.65. The lowest BCUT2D eigenvalue weighted by Gasteiger charge is -2.51. The molecule has 198 valence electrons. The molecular weight excluding hydrogens is 466 g/mol. The third kappa shape index (κ3) is 3.06. The van der Waals surface area contributed by atoms with E-state index in [0.29, 0.717) is 11.8 Å². The van der Waals surface area contributed by atoms with Gasteiger partial charge in [-0.1, -0.05) is 44.6 Å². The minimum absolute atomic E-state index is 0.000557. The van der Waals surface area contributed by atoms with Gasteiger partial charge in [-0.3, -0.25) is 9.59 Å². The van der Waals surface area contributed by atoms with E-state index >= 15 is 0 Å². The first kappa shape index (κ1) is 23.9. The molecule has 4 aliphatic carbocycles. The molecule has 5 bridgehead atoms. The number of rotatable bonds is 0. The summed E-state index contributed by atoms with van der Waals surface area (Å²) in [6, 6.07) is 7.85. The molecule has 3 saturated carbocycles. The van der Waals surface area contributed by atoms with Gasteiger partial charge in [-0.15, -0.1) is 0 Å². The van der Waals surface area contributed by atoms with E-state index in [1.165, 1.54) is 5.57 Å². The first-order valence-corrected chi connectivity index (χ1v) is 14.2. The molecule has 37 heavy (non-hydrogen) atoms. The molecular formula is C31H39NO5. The number of Topliss-reactive ketones (excluding diaryl/α,β-unsaturated/α-hetero) is 1. The minimum atomic E-state index is -1.52. The van der Waals surface area contributed by atoms with Crippen LogP contribution >= 0.6 is 0 Å². The Morgan fingerprint density at radius 1 is 1.11 bits per heavy atom. The lowest BCUT2D eigenvalue weighted by molar-refractivity contribution is -0.158. The van der Waals surface area contributed by atoms with E-state index < -0.39 is 29.1 Å². The molecule has 3 heterocycles. The zero-order valence-corrected chi connectivity index (χ0v) is 22.2. The highest BCUT2D eigenvalue weighted by molar-refractivity contribution is 6.09. The summed E-state index contributed by atoms with van der Waals surface area (Å²) in [7, 11) is 0. The number of carbonyl (C=O) groups excluding carboxylic acids is 2. The quantitative estimate of drug-likeness (QED) is 0.370. The summed E-state index contributed by atoms with van der Waals surface area (Å²) in [5.74, 6) is 0.697. The van der Waals surface area contributed by atoms with Crippen molar-refractivity contribution >= 4 is 11.7 Å². The lowest BCUT2D eigenvalue weighted by Crippen LogP contribution is -2.58. The summed E-state index contributed by atoms with van der Waals surface area (Å²) in [6.07, 6.45) is 3.62. The Morgan fingerprint density at radius 3 is 2.57 bits per heavy atom. The van der Waals surface area contributed by atoms with Gasteiger partial charge >= 0.3 is 0 Å². The monoisotopic (exact) mass is 505 g/mol. The SMILES string of the molecule is CC1=CC2C(O)CC34CC(O)(Cc5ccc(cc5)OC5C(C2C3=O)C1C1(C)CC(C)CC(C)C51)NC4=O. The van der Waals surface area contributed by atoms with Crippen LogP contribution in [0.1, 0.15) is 58.9 Å². The van der Waals surface area contributed by atoms with Gasteiger partial charge in [0.05, 0.1) is 6.10 Å². The largest absolute Gasteiger partial charge is 0.490 e. The minimum Gasteiger partial charge on any atom is -0.490 e. The molecule has 0 radical (unpaired) electrons. The number of hydrogen-bond donors (Lipinski definition) is 3. The summed E-state index contributed by atoms with van der Waals surface area (Å²) < 4.78 is 6.93. The average Bonchev–Trinajstić information content (AvgIpc) is 3.21. The van der Waals surface area contributed by atoms with Gasteiger partial charge in [-0.25, -0.2) is 0 Å². The van der Waals surface area contributed by atoms with E-state index in [2.05, 4.69) is 39.1 Å². The molecule has 3 N–H and O–H groups in total. The summed E-state index contributed by atoms with van der Waals surface area (Å²) in [4.78, 5) is 28.3. The van der Waals surface area contributed by atoms with Crippen LogP contribution in [-0.2, 0) is 16.0 Å². The summed E-state index contributed by atoms with van der Waals surface area (Å²) in [6.45, 7) is 9.25. The predicted molar refractivity (Wildman–Crippen MR) is 137 cm³/mol. The second kappa shape index (κ2) is 7.47. The number of allylic oxidation sites excluding steroid dienone is 1. The molecule has 8 rings (SSSR count). The molecule has 1 aromatic rings. The van der Waals surface area contributed by atoms with Gasteiger partial charge in [0.1, 0.15) is 23.0 Å². The van der Waals surface area contributed by atoms with Crippen LogP contribution in [0.15, 0.2) is 35.9 Å². The zero-order valence-electron chi connectivity index (χ0n) is 22.2. The first-order valence-electron chi connectivity index (χ1n) is 14.2. The number of aliphatic hydroxyl groups excluding tert-OH is 1. The zero-order chi connectivity index (χ0) is 26.1. The van der Waals surface area contributed by atoms with Gasteiger partial charge in [0.25, 0.3) is 0 Å². The molecule has 4 fully saturated rings. The maximum Gasteiger partial charge on any atom is 0.236 e. The van der Waals surface area contributed by atoms with Gasteiger partial charge in [-0.05, 0) is 67.1 Å². The molecule has 1 amide bonds. The Kier molecular flexibility index (Phi) is 4.83. The molecule has 1 spiro atoms. The number of fused-ring (bicyclic) bond motifs is 4. The Labute approximate surface area is 218 Å². The molecule has 6 heteroatoms. The number of benzene rings is 1. The molecule has 0 aromatic heterocycles. The Hall–Kier alpha value is -2.18. The molecule has 12 atom stereocenters. The number of carbonyl (C=O) groups is 2. The smallest absolute Gasteiger partial charge is 0.236 e. The van der Waals surface area contributed by atoms with Crippen molar-refractivity contribution in [3.63, 3.8) is 0 Å². The third-order valence-electron chi connectivity index (χ3n) is 11.4. The van der Waals surface area contributed by atoms with E-state index in [1.54, 1.807) is 0 Å². The van der Waals surface area contributed by atoms with Crippen LogP contribution < -0.4 is 10.1 Å². The Balaban J connectivity index is 1.47. The number of amides is 1. The van der Waals surface area contributed by atoms with Crippen molar-refractivity contribution in [1.82, 2.24) is 5.32 Å². The van der Waals surface area contributed by atoms with E-state index in [-0.39, 0.29) is 60.2 Å². The van der Waals surface area contributed by atoms with Crippen LogP contribution in [0.4, 0.5) is 0 Å². The van der Waals surface area contributed by atoms with Gasteiger partial charge in [0, 0.05) is 36.5 Å². The third-order valence-corrected chi connectivity index (χ3v) is 11.4. The number of nitrogens with one attached hydrogen (secondary N) is 1. The van der Waals surface area contributed by atoms with E-state index in [1.807, 2.05) is 24.3 Å². The number of ketones is 1. The van der Waals surface area contributed by atoms with E-state index in [9.17, 15) is 19.8 Å². The number of hydrogen-bond acceptors (Lipinski definition) is 5. The van der Waals surface area contributed by atoms with Crippen molar-refractivity contribution in [3.05, 3.63) is 41.5 Å². The second-order valence-corrected chi connectivity index (χ2v) is 13.9. The molecule has 1 saturated heterocycles. The maximum atomic E-state index is 14.7. The van der Waals surface area contributed by atoms with Crippen LogP contribution in [-0.4, -0.2) is 39.8 Å². The highest BCUT2D eigenvalue weighted by atomic mass is 16.5. The molecule has 7 aliphatic rings. The fourth-order valence-electron chi connectivity index (χ4n) is 10.7. The van der Waals surface area contributed by atoms with Gasteiger partial charge in [0.15, 0.2) is 5.78 Å². The van der Waals surface area contributed by atoms with Crippen molar-refractivity contribution in [3.8, 4) is 5.75 Å². The highest BCUT2D eigenvalue weighted by Crippen LogP contribution is 2.68. The summed E-state index contributed by atoms with van der Waals surface area (Å²) in [5, 5.41) is 25.8. The number of ether oxygens (including phenoxy) is 1. The van der Waals surface area contributed by atoms with Gasteiger partial charge < -0.3 is 20.3 Å². The van der Waals surface area contributed by atoms with Crippen molar-refractivity contribution in [2.75, 3.05) is 0 Å². The topological polar surface area (TPSA) is 95.9 Å². The second-order valence-electron chi connectivity index (χ2n) is 13.9. The average molecular weight is 506 g/mol. The number of aliphatic hydroxyl groups is 2. The molecule has 12 unspecified atom stereocenters. The highest BCUT2D eigenvalue weighted by Gasteiger charge is 2.71. The van der Waals surface area contributed by atoms with Crippen LogP contribution in [0.3, 0.4) is 0 Å². The summed E-state index contributed by atoms with van der Waals surface area (Å²) >= 11 is 0. The van der Waals surface area contributed by atoms with E-state index in [0.717, 1.165) is 24.2 Å². The molecule has 6 nitrogen and oxygen atoms in total. The fraction of sp³-hybridized carbons (Fsp3) is 0.677. The van der Waals surface area contributed by atoms with Crippen LogP contribution in [0, 0.1) is 52.3 Å². The van der Waals surface area contributed by atoms with Gasteiger partial charge in [0.2, 0.25) is 5.91 Å².